The second-order valence-electron chi connectivity index (χ2n) is 6.09. The van der Waals surface area contributed by atoms with E-state index in [1.165, 1.54) is 0 Å². The molecule has 3 rings (SSSR count). The Bertz CT molecular complexity index is 823. The van der Waals surface area contributed by atoms with Gasteiger partial charge in [-0.1, -0.05) is 43.3 Å². The van der Waals surface area contributed by atoms with E-state index in [4.69, 9.17) is 0 Å². The highest BCUT2D eigenvalue weighted by atomic mass is 16.1. The number of carbonyl (C=O) groups excluding carboxylic acids is 1. The first-order valence-electron chi connectivity index (χ1n) is 8.45. The van der Waals surface area contributed by atoms with Crippen molar-refractivity contribution in [2.75, 3.05) is 6.54 Å². The molecule has 1 unspecified atom stereocenters. The van der Waals surface area contributed by atoms with Crippen molar-refractivity contribution in [3.05, 3.63) is 71.7 Å². The molecule has 1 atom stereocenters. The summed E-state index contributed by atoms with van der Waals surface area (Å²) in [6.45, 7) is 4.83. The first-order chi connectivity index (χ1) is 11.7. The molecular weight excluding hydrogens is 298 g/mol. The summed E-state index contributed by atoms with van der Waals surface area (Å²) in [7, 11) is 0. The van der Waals surface area contributed by atoms with Crippen LogP contribution in [0.1, 0.15) is 42.5 Å². The van der Waals surface area contributed by atoms with Gasteiger partial charge in [0.05, 0.1) is 5.69 Å². The third-order valence-corrected chi connectivity index (χ3v) is 4.28. The summed E-state index contributed by atoms with van der Waals surface area (Å²) < 4.78 is 2.10. The average Bonchev–Trinajstić information content (AvgIpc) is 3.04. The largest absolute Gasteiger partial charge is 0.356 e. The normalized spacial score (nSPS) is 12.2. The number of hydrogen-bond donors (Lipinski definition) is 1. The fraction of sp³-hybridized carbons (Fsp3) is 0.300. The minimum atomic E-state index is -0.0140. The molecule has 3 aromatic rings. The standard InChI is InChI=1S/C20H23N3O/c1-3-11-21-19(24)13-17(16-9-5-4-6-10-16)18-14-22-20-15(2)8-7-12-23(18)20/h4-10,12,14,17H,3,11,13H2,1-2H3,(H,21,24). The number of amides is 1. The zero-order valence-corrected chi connectivity index (χ0v) is 14.2. The van der Waals surface area contributed by atoms with Crippen LogP contribution < -0.4 is 5.32 Å². The van der Waals surface area contributed by atoms with Gasteiger partial charge in [0.1, 0.15) is 5.65 Å². The maximum atomic E-state index is 12.3. The molecule has 0 aliphatic heterocycles. The van der Waals surface area contributed by atoms with Gasteiger partial charge in [-0.3, -0.25) is 4.79 Å². The molecule has 0 spiro atoms. The maximum Gasteiger partial charge on any atom is 0.221 e. The summed E-state index contributed by atoms with van der Waals surface area (Å²) in [5.74, 6) is 0.0631. The van der Waals surface area contributed by atoms with Gasteiger partial charge >= 0.3 is 0 Å². The van der Waals surface area contributed by atoms with E-state index in [9.17, 15) is 4.79 Å². The number of nitrogens with zero attached hydrogens (tertiary/aromatic N) is 2. The van der Waals surface area contributed by atoms with E-state index in [1.807, 2.05) is 36.7 Å². The third-order valence-electron chi connectivity index (χ3n) is 4.28. The molecule has 124 valence electrons. The van der Waals surface area contributed by atoms with E-state index in [2.05, 4.69) is 46.7 Å². The van der Waals surface area contributed by atoms with Crippen LogP contribution in [0.25, 0.3) is 5.65 Å². The molecular formula is C20H23N3O. The molecule has 0 radical (unpaired) electrons. The molecule has 1 N–H and O–H groups in total. The zero-order chi connectivity index (χ0) is 16.9. The van der Waals surface area contributed by atoms with Gasteiger partial charge in [-0.15, -0.1) is 0 Å². The molecule has 2 heterocycles. The predicted octanol–water partition coefficient (Wildman–Crippen LogP) is 3.69. The molecule has 0 aliphatic rings. The molecule has 24 heavy (non-hydrogen) atoms. The van der Waals surface area contributed by atoms with Crippen molar-refractivity contribution in [1.82, 2.24) is 14.7 Å². The Morgan fingerprint density at radius 1 is 1.21 bits per heavy atom. The first-order valence-corrected chi connectivity index (χ1v) is 8.45. The van der Waals surface area contributed by atoms with Gasteiger partial charge in [-0.25, -0.2) is 4.98 Å². The Balaban J connectivity index is 2.00. The van der Waals surface area contributed by atoms with Gasteiger partial charge in [0.2, 0.25) is 5.91 Å². The average molecular weight is 321 g/mol. The number of carbonyl (C=O) groups is 1. The number of imidazole rings is 1. The number of benzene rings is 1. The number of fused-ring (bicyclic) bond motifs is 1. The van der Waals surface area contributed by atoms with Crippen molar-refractivity contribution in [2.45, 2.75) is 32.6 Å². The van der Waals surface area contributed by atoms with E-state index in [-0.39, 0.29) is 11.8 Å². The van der Waals surface area contributed by atoms with Crippen LogP contribution in [0, 0.1) is 6.92 Å². The fourth-order valence-corrected chi connectivity index (χ4v) is 3.03. The van der Waals surface area contributed by atoms with E-state index in [1.54, 1.807) is 0 Å². The second kappa shape index (κ2) is 7.30. The summed E-state index contributed by atoms with van der Waals surface area (Å²) in [5, 5.41) is 2.99. The van der Waals surface area contributed by atoms with E-state index < -0.39 is 0 Å². The van der Waals surface area contributed by atoms with Gasteiger partial charge in [-0.05, 0) is 30.5 Å². The van der Waals surface area contributed by atoms with Crippen LogP contribution in [-0.4, -0.2) is 21.8 Å². The number of aryl methyl sites for hydroxylation is 1. The molecule has 0 saturated carbocycles. The molecule has 4 nitrogen and oxygen atoms in total. The summed E-state index contributed by atoms with van der Waals surface area (Å²) in [6, 6.07) is 14.3. The lowest BCUT2D eigenvalue weighted by atomic mass is 9.92. The number of pyridine rings is 1. The Kier molecular flexibility index (Phi) is 4.94. The quantitative estimate of drug-likeness (QED) is 0.752. The topological polar surface area (TPSA) is 46.4 Å². The lowest BCUT2D eigenvalue weighted by Crippen LogP contribution is -2.26. The van der Waals surface area contributed by atoms with Gasteiger partial charge in [0.25, 0.3) is 0 Å². The summed E-state index contributed by atoms with van der Waals surface area (Å²) >= 11 is 0. The summed E-state index contributed by atoms with van der Waals surface area (Å²) in [4.78, 5) is 16.9. The Morgan fingerprint density at radius 3 is 2.75 bits per heavy atom. The van der Waals surface area contributed by atoms with Crippen LogP contribution in [-0.2, 0) is 4.79 Å². The van der Waals surface area contributed by atoms with Gasteiger partial charge < -0.3 is 9.72 Å². The van der Waals surface area contributed by atoms with E-state index in [0.29, 0.717) is 13.0 Å². The Morgan fingerprint density at radius 2 is 2.00 bits per heavy atom. The van der Waals surface area contributed by atoms with Crippen molar-refractivity contribution in [3.8, 4) is 0 Å². The van der Waals surface area contributed by atoms with Crippen molar-refractivity contribution in [1.29, 1.82) is 0 Å². The van der Waals surface area contributed by atoms with Gasteiger partial charge in [-0.2, -0.15) is 0 Å². The first kappa shape index (κ1) is 16.2. The van der Waals surface area contributed by atoms with Crippen molar-refractivity contribution >= 4 is 11.6 Å². The van der Waals surface area contributed by atoms with Crippen LogP contribution in [0.15, 0.2) is 54.9 Å². The molecule has 1 aromatic carbocycles. The molecule has 0 bridgehead atoms. The number of rotatable bonds is 6. The van der Waals surface area contributed by atoms with Crippen LogP contribution in [0.4, 0.5) is 0 Å². The highest BCUT2D eigenvalue weighted by Crippen LogP contribution is 2.29. The number of nitrogens with one attached hydrogen (secondary N) is 1. The lowest BCUT2D eigenvalue weighted by molar-refractivity contribution is -0.121. The van der Waals surface area contributed by atoms with Crippen molar-refractivity contribution < 1.29 is 4.79 Å². The highest BCUT2D eigenvalue weighted by Gasteiger charge is 2.21. The minimum Gasteiger partial charge on any atom is -0.356 e. The molecule has 2 aromatic heterocycles. The van der Waals surface area contributed by atoms with Crippen molar-refractivity contribution in [2.24, 2.45) is 0 Å². The molecule has 0 fully saturated rings. The number of aromatic nitrogens is 2. The van der Waals surface area contributed by atoms with Gasteiger partial charge in [0, 0.05) is 31.3 Å². The minimum absolute atomic E-state index is 0.0140. The molecule has 4 heteroatoms. The SMILES string of the molecule is CCCNC(=O)CC(c1ccccc1)c1cnc2c(C)cccn12. The third kappa shape index (κ3) is 3.32. The van der Waals surface area contributed by atoms with Crippen LogP contribution >= 0.6 is 0 Å². The monoisotopic (exact) mass is 321 g/mol. The molecule has 0 saturated heterocycles. The zero-order valence-electron chi connectivity index (χ0n) is 14.2. The van der Waals surface area contributed by atoms with Gasteiger partial charge in [0.15, 0.2) is 0 Å². The van der Waals surface area contributed by atoms with Crippen LogP contribution in [0.2, 0.25) is 0 Å². The Labute approximate surface area is 142 Å². The summed E-state index contributed by atoms with van der Waals surface area (Å²) in [5.41, 5.74) is 4.26. The van der Waals surface area contributed by atoms with Crippen molar-refractivity contribution in [3.63, 3.8) is 0 Å². The smallest absolute Gasteiger partial charge is 0.221 e. The highest BCUT2D eigenvalue weighted by molar-refractivity contribution is 5.77. The molecule has 1 amide bonds. The van der Waals surface area contributed by atoms with Crippen LogP contribution in [0.3, 0.4) is 0 Å². The molecule has 0 aliphatic carbocycles. The predicted molar refractivity (Wildman–Crippen MR) is 96.1 cm³/mol. The maximum absolute atomic E-state index is 12.3. The fourth-order valence-electron chi connectivity index (χ4n) is 3.03. The van der Waals surface area contributed by atoms with Crippen LogP contribution in [0.5, 0.6) is 0 Å². The Hall–Kier alpha value is -2.62. The summed E-state index contributed by atoms with van der Waals surface area (Å²) in [6.07, 6.45) is 5.28. The second-order valence-corrected chi connectivity index (χ2v) is 6.09. The number of hydrogen-bond acceptors (Lipinski definition) is 2. The van der Waals surface area contributed by atoms with E-state index in [0.717, 1.165) is 28.9 Å². The van der Waals surface area contributed by atoms with E-state index >= 15 is 0 Å². The lowest BCUT2D eigenvalue weighted by Gasteiger charge is -2.17.